The van der Waals surface area contributed by atoms with Crippen molar-refractivity contribution in [3.05, 3.63) is 114 Å². The Bertz CT molecular complexity index is 1620. The highest BCUT2D eigenvalue weighted by atomic mass is 32.2. The molecule has 3 aromatic carbocycles. The third-order valence-electron chi connectivity index (χ3n) is 6.40. The van der Waals surface area contributed by atoms with E-state index in [0.717, 1.165) is 22.8 Å². The molecule has 0 amide bonds. The lowest BCUT2D eigenvalue weighted by Crippen LogP contribution is -2.18. The molecule has 5 rings (SSSR count). The van der Waals surface area contributed by atoms with Crippen LogP contribution in [0.25, 0.3) is 16.8 Å². The van der Waals surface area contributed by atoms with E-state index in [1.54, 1.807) is 30.3 Å². The summed E-state index contributed by atoms with van der Waals surface area (Å²) in [6.07, 6.45) is 2.45. The number of hydrogen-bond donors (Lipinski definition) is 0. The Kier molecular flexibility index (Phi) is 6.79. The topological polar surface area (TPSA) is 72.5 Å². The molecule has 0 aliphatic carbocycles. The largest absolute Gasteiger partial charge is 0.443 e. The van der Waals surface area contributed by atoms with Crippen molar-refractivity contribution in [2.45, 2.75) is 23.9 Å². The second kappa shape index (κ2) is 10.1. The zero-order valence-electron chi connectivity index (χ0n) is 20.3. The van der Waals surface area contributed by atoms with Gasteiger partial charge < -0.3 is 4.42 Å². The SMILES string of the molecule is CS(=O)(=O)c1cccc(-c2ccc(CCC3C=C(c4ncco4)N=C3c3ccccc3C(F)(F)F)cc2)c1. The predicted molar refractivity (Wildman–Crippen MR) is 139 cm³/mol. The first-order chi connectivity index (χ1) is 18.1. The number of halogens is 3. The summed E-state index contributed by atoms with van der Waals surface area (Å²) in [5, 5.41) is 0. The highest BCUT2D eigenvalue weighted by Crippen LogP contribution is 2.37. The fourth-order valence-electron chi connectivity index (χ4n) is 4.51. The zero-order valence-corrected chi connectivity index (χ0v) is 21.1. The first kappa shape index (κ1) is 25.7. The van der Waals surface area contributed by atoms with Gasteiger partial charge in [0.25, 0.3) is 0 Å². The van der Waals surface area contributed by atoms with E-state index in [4.69, 9.17) is 4.42 Å². The van der Waals surface area contributed by atoms with Gasteiger partial charge in [-0.25, -0.2) is 18.4 Å². The molecule has 4 aromatic rings. The van der Waals surface area contributed by atoms with Gasteiger partial charge in [-0.2, -0.15) is 13.2 Å². The maximum atomic E-state index is 13.8. The summed E-state index contributed by atoms with van der Waals surface area (Å²) < 4.78 is 70.5. The standard InChI is InChI=1S/C29H23F3N2O3S/c1-38(35,36)23-6-4-5-21(17-23)20-12-9-19(10-13-20)11-14-22-18-26(28-33-15-16-37-28)34-27(22)24-7-2-3-8-25(24)29(30,31)32/h2-10,12-13,15-18,22H,11,14H2,1H3. The molecule has 0 fully saturated rings. The summed E-state index contributed by atoms with van der Waals surface area (Å²) in [5.74, 6) is -0.110. The summed E-state index contributed by atoms with van der Waals surface area (Å²) in [6.45, 7) is 0. The summed E-state index contributed by atoms with van der Waals surface area (Å²) in [7, 11) is -3.32. The van der Waals surface area contributed by atoms with Gasteiger partial charge in [-0.3, -0.25) is 0 Å². The third-order valence-corrected chi connectivity index (χ3v) is 7.51. The lowest BCUT2D eigenvalue weighted by molar-refractivity contribution is -0.137. The minimum atomic E-state index is -4.51. The van der Waals surface area contributed by atoms with Crippen molar-refractivity contribution in [1.29, 1.82) is 0 Å². The Morgan fingerprint density at radius 2 is 1.71 bits per heavy atom. The van der Waals surface area contributed by atoms with Crippen LogP contribution in [-0.2, 0) is 22.4 Å². The summed E-state index contributed by atoms with van der Waals surface area (Å²) in [6, 6.07) is 19.9. The van der Waals surface area contributed by atoms with Gasteiger partial charge in [0.05, 0.1) is 22.4 Å². The molecule has 1 atom stereocenters. The zero-order chi connectivity index (χ0) is 26.9. The maximum absolute atomic E-state index is 13.8. The van der Waals surface area contributed by atoms with Gasteiger partial charge >= 0.3 is 6.18 Å². The molecule has 0 saturated heterocycles. The molecule has 194 valence electrons. The van der Waals surface area contributed by atoms with Crippen molar-refractivity contribution in [3.8, 4) is 11.1 Å². The summed E-state index contributed by atoms with van der Waals surface area (Å²) >= 11 is 0. The number of hydrogen-bond acceptors (Lipinski definition) is 5. The number of aliphatic imine (C=N–C) groups is 1. The number of benzene rings is 3. The number of aromatic nitrogens is 1. The van der Waals surface area contributed by atoms with Gasteiger partial charge in [-0.05, 0) is 53.8 Å². The Morgan fingerprint density at radius 3 is 2.39 bits per heavy atom. The van der Waals surface area contributed by atoms with Gasteiger partial charge in [-0.15, -0.1) is 0 Å². The molecule has 1 aliphatic heterocycles. The van der Waals surface area contributed by atoms with Crippen molar-refractivity contribution >= 4 is 21.2 Å². The molecule has 0 N–H and O–H groups in total. The second-order valence-electron chi connectivity index (χ2n) is 9.07. The summed E-state index contributed by atoms with van der Waals surface area (Å²) in [4.78, 5) is 8.88. The average molecular weight is 537 g/mol. The van der Waals surface area contributed by atoms with E-state index in [1.165, 1.54) is 30.8 Å². The highest BCUT2D eigenvalue weighted by molar-refractivity contribution is 7.90. The minimum absolute atomic E-state index is 0.0453. The highest BCUT2D eigenvalue weighted by Gasteiger charge is 2.36. The monoisotopic (exact) mass is 536 g/mol. The Hall–Kier alpha value is -3.98. The van der Waals surface area contributed by atoms with Crippen LogP contribution in [0.5, 0.6) is 0 Å². The molecule has 0 radical (unpaired) electrons. The smallest absolute Gasteiger partial charge is 0.417 e. The van der Waals surface area contributed by atoms with Crippen molar-refractivity contribution in [2.75, 3.05) is 6.26 Å². The van der Waals surface area contributed by atoms with E-state index in [9.17, 15) is 21.6 Å². The number of nitrogens with zero attached hydrogens (tertiary/aromatic N) is 2. The molecule has 1 aliphatic rings. The van der Waals surface area contributed by atoms with Crippen LogP contribution >= 0.6 is 0 Å². The van der Waals surface area contributed by atoms with Crippen molar-refractivity contribution in [1.82, 2.24) is 4.98 Å². The number of sulfone groups is 1. The van der Waals surface area contributed by atoms with Crippen LogP contribution in [0.1, 0.15) is 29.0 Å². The van der Waals surface area contributed by atoms with Gasteiger partial charge in [0.1, 0.15) is 12.0 Å². The van der Waals surface area contributed by atoms with Crippen LogP contribution in [0.2, 0.25) is 0 Å². The van der Waals surface area contributed by atoms with E-state index >= 15 is 0 Å². The van der Waals surface area contributed by atoms with Crippen molar-refractivity contribution < 1.29 is 26.0 Å². The van der Waals surface area contributed by atoms with Crippen LogP contribution < -0.4 is 0 Å². The molecule has 2 heterocycles. The summed E-state index contributed by atoms with van der Waals surface area (Å²) in [5.41, 5.74) is 2.71. The Labute approximate surface area is 218 Å². The molecule has 0 spiro atoms. The van der Waals surface area contributed by atoms with Gasteiger partial charge in [-0.1, -0.05) is 54.6 Å². The number of rotatable bonds is 7. The van der Waals surface area contributed by atoms with E-state index in [0.29, 0.717) is 24.3 Å². The number of aryl methyl sites for hydroxylation is 1. The predicted octanol–water partition coefficient (Wildman–Crippen LogP) is 6.86. The fraction of sp³-hybridized carbons (Fsp3) is 0.172. The molecular weight excluding hydrogens is 513 g/mol. The molecule has 5 nitrogen and oxygen atoms in total. The van der Waals surface area contributed by atoms with Crippen LogP contribution in [-0.4, -0.2) is 25.4 Å². The molecule has 0 saturated carbocycles. The van der Waals surface area contributed by atoms with Gasteiger partial charge in [0.15, 0.2) is 9.84 Å². The van der Waals surface area contributed by atoms with Crippen LogP contribution in [0.15, 0.2) is 106 Å². The first-order valence-electron chi connectivity index (χ1n) is 11.9. The third kappa shape index (κ3) is 5.47. The Balaban J connectivity index is 1.39. The normalized spacial score (nSPS) is 15.8. The lowest BCUT2D eigenvalue weighted by atomic mass is 9.89. The molecule has 38 heavy (non-hydrogen) atoms. The molecule has 9 heteroatoms. The van der Waals surface area contributed by atoms with E-state index in [2.05, 4.69) is 9.98 Å². The van der Waals surface area contributed by atoms with Crippen LogP contribution in [0, 0.1) is 5.92 Å². The first-order valence-corrected chi connectivity index (χ1v) is 13.7. The molecular formula is C29H23F3N2O3S. The molecule has 1 unspecified atom stereocenters. The number of alkyl halides is 3. The quantitative estimate of drug-likeness (QED) is 0.259. The maximum Gasteiger partial charge on any atom is 0.417 e. The van der Waals surface area contributed by atoms with Crippen molar-refractivity contribution in [2.24, 2.45) is 10.9 Å². The molecule has 0 bridgehead atoms. The second-order valence-corrected chi connectivity index (χ2v) is 11.1. The van der Waals surface area contributed by atoms with E-state index in [-0.39, 0.29) is 22.3 Å². The van der Waals surface area contributed by atoms with Gasteiger partial charge in [0, 0.05) is 17.7 Å². The van der Waals surface area contributed by atoms with Gasteiger partial charge in [0.2, 0.25) is 5.89 Å². The Morgan fingerprint density at radius 1 is 0.947 bits per heavy atom. The van der Waals surface area contributed by atoms with Crippen LogP contribution in [0.4, 0.5) is 13.2 Å². The minimum Gasteiger partial charge on any atom is -0.443 e. The van der Waals surface area contributed by atoms with E-state index < -0.39 is 21.6 Å². The fourth-order valence-corrected chi connectivity index (χ4v) is 5.18. The van der Waals surface area contributed by atoms with E-state index in [1.807, 2.05) is 30.3 Å². The number of allylic oxidation sites excluding steroid dienone is 1. The lowest BCUT2D eigenvalue weighted by Gasteiger charge is -2.17. The van der Waals surface area contributed by atoms with Crippen molar-refractivity contribution in [3.63, 3.8) is 0 Å². The van der Waals surface area contributed by atoms with Crippen LogP contribution in [0.3, 0.4) is 0 Å². The average Bonchev–Trinajstić information content (AvgIpc) is 3.57. The number of oxazole rings is 1. The molecule has 1 aromatic heterocycles.